The van der Waals surface area contributed by atoms with Crippen LogP contribution in [0, 0.1) is 0 Å². The minimum Gasteiger partial charge on any atom is -0.311 e. The normalized spacial score (nSPS) is 11.5. The molecule has 0 saturated heterocycles. The molecule has 0 fully saturated rings. The zero-order valence-corrected chi connectivity index (χ0v) is 31.9. The zero-order valence-electron chi connectivity index (χ0n) is 31.1. The third-order valence-corrected chi connectivity index (χ3v) is 12.4. The van der Waals surface area contributed by atoms with E-state index in [1.807, 2.05) is 11.3 Å². The number of hydrogen-bond acceptors (Lipinski definition) is 2. The number of anilines is 3. The summed E-state index contributed by atoms with van der Waals surface area (Å²) in [4.78, 5) is 2.34. The summed E-state index contributed by atoms with van der Waals surface area (Å²) in [6.45, 7) is 0. The van der Waals surface area contributed by atoms with E-state index in [2.05, 4.69) is 228 Å². The second-order valence-corrected chi connectivity index (χ2v) is 15.6. The topological polar surface area (TPSA) is 8.17 Å². The molecule has 268 valence electrons. The summed E-state index contributed by atoms with van der Waals surface area (Å²) in [7, 11) is 0. The minimum atomic E-state index is 1.11. The Kier molecular flexibility index (Phi) is 8.04. The van der Waals surface area contributed by atoms with E-state index < -0.39 is 0 Å². The molecule has 3 heteroatoms. The summed E-state index contributed by atoms with van der Waals surface area (Å²) in [6, 6.07) is 79.3. The van der Waals surface area contributed by atoms with Gasteiger partial charge in [-0.2, -0.15) is 0 Å². The first kappa shape index (κ1) is 33.2. The van der Waals surface area contributed by atoms with Crippen LogP contribution in [-0.4, -0.2) is 4.57 Å². The largest absolute Gasteiger partial charge is 0.311 e. The lowest BCUT2D eigenvalue weighted by molar-refractivity contribution is 1.19. The molecule has 0 radical (unpaired) electrons. The van der Waals surface area contributed by atoms with E-state index in [-0.39, 0.29) is 0 Å². The molecule has 0 spiro atoms. The maximum atomic E-state index is 2.47. The second kappa shape index (κ2) is 13.8. The van der Waals surface area contributed by atoms with Gasteiger partial charge < -0.3 is 9.47 Å². The highest BCUT2D eigenvalue weighted by molar-refractivity contribution is 7.26. The molecule has 9 aromatic carbocycles. The molecule has 57 heavy (non-hydrogen) atoms. The molecule has 11 aromatic rings. The van der Waals surface area contributed by atoms with Crippen molar-refractivity contribution in [3.8, 4) is 39.1 Å². The molecule has 0 aliphatic heterocycles. The first-order valence-corrected chi connectivity index (χ1v) is 20.2. The van der Waals surface area contributed by atoms with E-state index in [0.29, 0.717) is 0 Å². The quantitative estimate of drug-likeness (QED) is 0.158. The highest BCUT2D eigenvalue weighted by Gasteiger charge is 2.19. The van der Waals surface area contributed by atoms with Gasteiger partial charge in [-0.05, 0) is 94.5 Å². The van der Waals surface area contributed by atoms with Crippen LogP contribution in [0.25, 0.3) is 81.0 Å². The predicted octanol–water partition coefficient (Wildman–Crippen LogP) is 15.6. The molecular formula is C54H36N2S. The van der Waals surface area contributed by atoms with Crippen LogP contribution in [0.3, 0.4) is 0 Å². The van der Waals surface area contributed by atoms with Crippen LogP contribution in [0.5, 0.6) is 0 Å². The molecule has 2 nitrogen and oxygen atoms in total. The number of hydrogen-bond donors (Lipinski definition) is 0. The first-order valence-electron chi connectivity index (χ1n) is 19.4. The number of fused-ring (bicyclic) bond motifs is 6. The summed E-state index contributed by atoms with van der Waals surface area (Å²) >= 11 is 1.88. The monoisotopic (exact) mass is 744 g/mol. The first-order chi connectivity index (χ1) is 28.3. The number of benzene rings is 9. The molecule has 0 aliphatic carbocycles. The van der Waals surface area contributed by atoms with E-state index in [1.54, 1.807) is 0 Å². The summed E-state index contributed by atoms with van der Waals surface area (Å²) < 4.78 is 5.07. The minimum absolute atomic E-state index is 1.11. The molecule has 2 heterocycles. The van der Waals surface area contributed by atoms with Gasteiger partial charge in [0, 0.05) is 59.3 Å². The molecule has 0 bridgehead atoms. The Bertz CT molecular complexity index is 3200. The lowest BCUT2D eigenvalue weighted by Crippen LogP contribution is -2.09. The fourth-order valence-corrected chi connectivity index (χ4v) is 9.68. The van der Waals surface area contributed by atoms with Crippen LogP contribution in [0.4, 0.5) is 17.1 Å². The summed E-state index contributed by atoms with van der Waals surface area (Å²) in [5.74, 6) is 0. The number of nitrogens with zero attached hydrogens (tertiary/aromatic N) is 2. The Morgan fingerprint density at radius 3 is 1.54 bits per heavy atom. The van der Waals surface area contributed by atoms with Crippen molar-refractivity contribution in [2.24, 2.45) is 0 Å². The average molecular weight is 745 g/mol. The molecule has 0 aliphatic rings. The molecule has 0 unspecified atom stereocenters. The van der Waals surface area contributed by atoms with Crippen LogP contribution in [0.1, 0.15) is 0 Å². The van der Waals surface area contributed by atoms with Crippen LogP contribution < -0.4 is 4.90 Å². The van der Waals surface area contributed by atoms with Crippen LogP contribution in [0.2, 0.25) is 0 Å². The van der Waals surface area contributed by atoms with E-state index in [0.717, 1.165) is 22.7 Å². The maximum Gasteiger partial charge on any atom is 0.0547 e. The molecule has 0 N–H and O–H groups in total. The average Bonchev–Trinajstić information content (AvgIpc) is 3.83. The molecule has 0 saturated carbocycles. The second-order valence-electron chi connectivity index (χ2n) is 14.5. The van der Waals surface area contributed by atoms with E-state index in [9.17, 15) is 0 Å². The summed E-state index contributed by atoms with van der Waals surface area (Å²) in [5.41, 5.74) is 14.2. The Morgan fingerprint density at radius 1 is 0.333 bits per heavy atom. The van der Waals surface area contributed by atoms with Gasteiger partial charge in [0.15, 0.2) is 0 Å². The smallest absolute Gasteiger partial charge is 0.0547 e. The van der Waals surface area contributed by atoms with Gasteiger partial charge in [-0.1, -0.05) is 152 Å². The predicted molar refractivity (Wildman–Crippen MR) is 245 cm³/mol. The van der Waals surface area contributed by atoms with Crippen LogP contribution >= 0.6 is 11.3 Å². The number of aromatic nitrogens is 1. The van der Waals surface area contributed by atoms with Gasteiger partial charge in [0.05, 0.1) is 11.0 Å². The fourth-order valence-electron chi connectivity index (χ4n) is 8.46. The SMILES string of the molecule is c1ccc(-c2ccc(N(c3ccccc3)c3ccc(-c4cc(-n5c6ccccc6c6ccc(-c7ccccc7)cc65)cc5c4sc4ccccc45)cc3)cc2)cc1. The summed E-state index contributed by atoms with van der Waals surface area (Å²) in [5, 5.41) is 5.08. The Morgan fingerprint density at radius 2 is 0.842 bits per heavy atom. The van der Waals surface area contributed by atoms with Crippen molar-refractivity contribution in [1.82, 2.24) is 4.57 Å². The molecule has 0 amide bonds. The lowest BCUT2D eigenvalue weighted by atomic mass is 10.0. The van der Waals surface area contributed by atoms with Crippen molar-refractivity contribution < 1.29 is 0 Å². The lowest BCUT2D eigenvalue weighted by Gasteiger charge is -2.26. The number of para-hydroxylation sites is 2. The Balaban J connectivity index is 1.08. The molecule has 0 atom stereocenters. The fraction of sp³-hybridized carbons (Fsp3) is 0. The molecule has 11 rings (SSSR count). The van der Waals surface area contributed by atoms with Gasteiger partial charge >= 0.3 is 0 Å². The maximum absolute atomic E-state index is 2.47. The van der Waals surface area contributed by atoms with Gasteiger partial charge in [-0.15, -0.1) is 11.3 Å². The van der Waals surface area contributed by atoms with Crippen molar-refractivity contribution in [3.05, 3.63) is 218 Å². The summed E-state index contributed by atoms with van der Waals surface area (Å²) in [6.07, 6.45) is 0. The zero-order chi connectivity index (χ0) is 37.7. The van der Waals surface area contributed by atoms with Gasteiger partial charge in [0.25, 0.3) is 0 Å². The Labute approximate surface area is 335 Å². The highest BCUT2D eigenvalue weighted by atomic mass is 32.1. The van der Waals surface area contributed by atoms with Crippen molar-refractivity contribution in [2.45, 2.75) is 0 Å². The van der Waals surface area contributed by atoms with Gasteiger partial charge in [-0.3, -0.25) is 0 Å². The van der Waals surface area contributed by atoms with Gasteiger partial charge in [-0.25, -0.2) is 0 Å². The third-order valence-electron chi connectivity index (χ3n) is 11.2. The molecule has 2 aromatic heterocycles. The van der Waals surface area contributed by atoms with Crippen molar-refractivity contribution in [2.75, 3.05) is 4.90 Å². The standard InChI is InChI=1S/C54H36N2S/c1-4-14-37(15-5-1)39-24-29-43(30-25-39)55(42-18-8-3-9-19-42)44-31-26-40(27-32-44)49-35-45(36-50-48-21-11-13-23-53(48)57-54(49)50)56-51-22-12-10-20-46(51)47-33-28-41(34-52(47)56)38-16-6-2-7-17-38/h1-36H. The van der Waals surface area contributed by atoms with Crippen molar-refractivity contribution >= 4 is 70.4 Å². The van der Waals surface area contributed by atoms with Crippen LogP contribution in [-0.2, 0) is 0 Å². The number of thiophene rings is 1. The van der Waals surface area contributed by atoms with Crippen molar-refractivity contribution in [1.29, 1.82) is 0 Å². The third kappa shape index (κ3) is 5.80. The number of rotatable bonds is 7. The van der Waals surface area contributed by atoms with Gasteiger partial charge in [0.2, 0.25) is 0 Å². The van der Waals surface area contributed by atoms with Crippen LogP contribution in [0.15, 0.2) is 218 Å². The van der Waals surface area contributed by atoms with E-state index in [4.69, 9.17) is 0 Å². The van der Waals surface area contributed by atoms with E-state index in [1.165, 1.54) is 75.4 Å². The van der Waals surface area contributed by atoms with E-state index >= 15 is 0 Å². The molecular weight excluding hydrogens is 709 g/mol. The highest BCUT2D eigenvalue weighted by Crippen LogP contribution is 2.44. The van der Waals surface area contributed by atoms with Gasteiger partial charge in [0.1, 0.15) is 0 Å². The Hall–Kier alpha value is -7.20. The van der Waals surface area contributed by atoms with Crippen molar-refractivity contribution in [3.63, 3.8) is 0 Å².